The fraction of sp³-hybridized carbons (Fsp3) is 0.944. The van der Waals surface area contributed by atoms with Crippen molar-refractivity contribution in [2.24, 2.45) is 16.8 Å². The van der Waals surface area contributed by atoms with Gasteiger partial charge in [0.1, 0.15) is 0 Å². The number of hydrogen-bond acceptors (Lipinski definition) is 3. The molecule has 0 spiro atoms. The molecule has 1 aliphatic carbocycles. The summed E-state index contributed by atoms with van der Waals surface area (Å²) in [6.07, 6.45) is 5.70. The summed E-state index contributed by atoms with van der Waals surface area (Å²) in [5, 5.41) is 3.53. The van der Waals surface area contributed by atoms with Gasteiger partial charge in [0.25, 0.3) is 0 Å². The van der Waals surface area contributed by atoms with Gasteiger partial charge < -0.3 is 15.0 Å². The van der Waals surface area contributed by atoms with Crippen LogP contribution in [0.1, 0.15) is 39.5 Å². The fourth-order valence-corrected chi connectivity index (χ4v) is 4.36. The van der Waals surface area contributed by atoms with E-state index in [-0.39, 0.29) is 0 Å². The summed E-state index contributed by atoms with van der Waals surface area (Å²) >= 11 is 0. The Kier molecular flexibility index (Phi) is 6.17. The highest BCUT2D eigenvalue weighted by atomic mass is 16.5. The smallest absolute Gasteiger partial charge is 0.193 e. The van der Waals surface area contributed by atoms with E-state index in [0.717, 1.165) is 57.2 Å². The van der Waals surface area contributed by atoms with Crippen molar-refractivity contribution >= 4 is 5.96 Å². The maximum atomic E-state index is 5.45. The van der Waals surface area contributed by atoms with Gasteiger partial charge in [0.15, 0.2) is 5.96 Å². The normalized spacial score (nSPS) is 31.0. The van der Waals surface area contributed by atoms with Gasteiger partial charge >= 0.3 is 0 Å². The lowest BCUT2D eigenvalue weighted by atomic mass is 9.82. The van der Waals surface area contributed by atoms with Crippen LogP contribution in [0.4, 0.5) is 0 Å². The predicted octanol–water partition coefficient (Wildman–Crippen LogP) is 1.79. The Hall–Kier alpha value is -0.810. The molecule has 3 rings (SSSR count). The van der Waals surface area contributed by atoms with Gasteiger partial charge in [0, 0.05) is 38.8 Å². The molecule has 0 amide bonds. The van der Waals surface area contributed by atoms with Crippen molar-refractivity contribution in [3.63, 3.8) is 0 Å². The van der Waals surface area contributed by atoms with Gasteiger partial charge in [0.2, 0.25) is 0 Å². The summed E-state index contributed by atoms with van der Waals surface area (Å²) < 4.78 is 5.45. The topological polar surface area (TPSA) is 40.1 Å². The lowest BCUT2D eigenvalue weighted by molar-refractivity contribution is 0.0220. The number of morpholine rings is 1. The van der Waals surface area contributed by atoms with Crippen molar-refractivity contribution in [1.29, 1.82) is 0 Å². The highest BCUT2D eigenvalue weighted by Gasteiger charge is 2.35. The van der Waals surface area contributed by atoms with Crippen LogP contribution in [0.5, 0.6) is 0 Å². The maximum Gasteiger partial charge on any atom is 0.193 e. The average molecular weight is 322 g/mol. The molecule has 0 aromatic rings. The molecule has 1 saturated carbocycles. The zero-order chi connectivity index (χ0) is 16.1. The molecule has 3 unspecified atom stereocenters. The number of nitrogens with zero attached hydrogens (tertiary/aromatic N) is 3. The molecule has 0 bridgehead atoms. The van der Waals surface area contributed by atoms with Crippen molar-refractivity contribution in [2.45, 2.75) is 45.6 Å². The number of hydrogen-bond donors (Lipinski definition) is 1. The minimum absolute atomic E-state index is 0.498. The van der Waals surface area contributed by atoms with Gasteiger partial charge in [-0.2, -0.15) is 0 Å². The first-order valence-corrected chi connectivity index (χ1v) is 9.63. The Morgan fingerprint density at radius 1 is 1.17 bits per heavy atom. The Bertz CT molecular complexity index is 380. The summed E-state index contributed by atoms with van der Waals surface area (Å²) in [5.74, 6) is 2.95. The standard InChI is InChI=1S/C18H34N4O/c1-3-19-18(20-12-15(2)21-8-10-23-11-9-21)22-13-16-6-4-5-7-17(16)14-22/h15-17H,3-14H2,1-2H3,(H,19,20). The summed E-state index contributed by atoms with van der Waals surface area (Å²) in [7, 11) is 0. The van der Waals surface area contributed by atoms with Crippen LogP contribution in [-0.4, -0.2) is 74.3 Å². The van der Waals surface area contributed by atoms with Crippen LogP contribution in [0.2, 0.25) is 0 Å². The van der Waals surface area contributed by atoms with Crippen molar-refractivity contribution in [3.05, 3.63) is 0 Å². The largest absolute Gasteiger partial charge is 0.379 e. The van der Waals surface area contributed by atoms with Gasteiger partial charge in [0.05, 0.1) is 19.8 Å². The quantitative estimate of drug-likeness (QED) is 0.633. The van der Waals surface area contributed by atoms with E-state index >= 15 is 0 Å². The first kappa shape index (κ1) is 17.0. The summed E-state index contributed by atoms with van der Waals surface area (Å²) in [6, 6.07) is 0.498. The third-order valence-corrected chi connectivity index (χ3v) is 5.79. The van der Waals surface area contributed by atoms with Gasteiger partial charge in [-0.3, -0.25) is 9.89 Å². The van der Waals surface area contributed by atoms with Crippen LogP contribution in [-0.2, 0) is 4.74 Å². The molecule has 0 aromatic heterocycles. The second-order valence-corrected chi connectivity index (χ2v) is 7.40. The molecule has 2 heterocycles. The van der Waals surface area contributed by atoms with Crippen molar-refractivity contribution in [1.82, 2.24) is 15.1 Å². The summed E-state index contributed by atoms with van der Waals surface area (Å²) in [6.45, 7) is 12.5. The van der Waals surface area contributed by atoms with Crippen LogP contribution >= 0.6 is 0 Å². The Balaban J connectivity index is 1.56. The van der Waals surface area contributed by atoms with Crippen LogP contribution in [0.15, 0.2) is 4.99 Å². The maximum absolute atomic E-state index is 5.45. The number of rotatable bonds is 4. The van der Waals surface area contributed by atoms with E-state index in [1.807, 2.05) is 0 Å². The van der Waals surface area contributed by atoms with E-state index in [2.05, 4.69) is 29.0 Å². The molecular formula is C18H34N4O. The molecule has 5 nitrogen and oxygen atoms in total. The van der Waals surface area contributed by atoms with E-state index in [1.165, 1.54) is 38.8 Å². The number of fused-ring (bicyclic) bond motifs is 1. The van der Waals surface area contributed by atoms with E-state index < -0.39 is 0 Å². The monoisotopic (exact) mass is 322 g/mol. The first-order chi connectivity index (χ1) is 11.3. The third kappa shape index (κ3) is 4.38. The van der Waals surface area contributed by atoms with Crippen LogP contribution in [0.3, 0.4) is 0 Å². The van der Waals surface area contributed by atoms with Gasteiger partial charge in [-0.05, 0) is 38.5 Å². The Morgan fingerprint density at radius 3 is 2.43 bits per heavy atom. The second kappa shape index (κ2) is 8.34. The molecule has 2 aliphatic heterocycles. The van der Waals surface area contributed by atoms with Crippen LogP contribution in [0, 0.1) is 11.8 Å². The molecule has 0 radical (unpaired) electrons. The van der Waals surface area contributed by atoms with Crippen LogP contribution in [0.25, 0.3) is 0 Å². The molecule has 132 valence electrons. The number of ether oxygens (including phenoxy) is 1. The SMILES string of the molecule is CCNC(=NCC(C)N1CCOCC1)N1CC2CCCCC2C1. The Labute approximate surface area is 141 Å². The minimum atomic E-state index is 0.498. The molecule has 3 fully saturated rings. The lowest BCUT2D eigenvalue weighted by Gasteiger charge is -2.32. The highest BCUT2D eigenvalue weighted by molar-refractivity contribution is 5.80. The number of likely N-dealkylation sites (tertiary alicyclic amines) is 1. The van der Waals surface area contributed by atoms with E-state index in [4.69, 9.17) is 9.73 Å². The summed E-state index contributed by atoms with van der Waals surface area (Å²) in [4.78, 5) is 10.0. The second-order valence-electron chi connectivity index (χ2n) is 7.40. The van der Waals surface area contributed by atoms with E-state index in [0.29, 0.717) is 6.04 Å². The van der Waals surface area contributed by atoms with E-state index in [9.17, 15) is 0 Å². The van der Waals surface area contributed by atoms with Gasteiger partial charge in [-0.15, -0.1) is 0 Å². The molecule has 5 heteroatoms. The van der Waals surface area contributed by atoms with Crippen molar-refractivity contribution < 1.29 is 4.74 Å². The molecule has 3 aliphatic rings. The predicted molar refractivity (Wildman–Crippen MR) is 94.9 cm³/mol. The molecule has 0 aromatic carbocycles. The van der Waals surface area contributed by atoms with E-state index in [1.54, 1.807) is 0 Å². The zero-order valence-electron chi connectivity index (χ0n) is 15.0. The van der Waals surface area contributed by atoms with Crippen molar-refractivity contribution in [2.75, 3.05) is 52.5 Å². The third-order valence-electron chi connectivity index (χ3n) is 5.79. The van der Waals surface area contributed by atoms with Crippen LogP contribution < -0.4 is 5.32 Å². The van der Waals surface area contributed by atoms with Gasteiger partial charge in [-0.25, -0.2) is 0 Å². The van der Waals surface area contributed by atoms with Crippen molar-refractivity contribution in [3.8, 4) is 0 Å². The average Bonchev–Trinajstić information content (AvgIpc) is 3.03. The molecule has 23 heavy (non-hydrogen) atoms. The lowest BCUT2D eigenvalue weighted by Crippen LogP contribution is -2.45. The number of nitrogens with one attached hydrogen (secondary N) is 1. The zero-order valence-corrected chi connectivity index (χ0v) is 15.0. The Morgan fingerprint density at radius 2 is 1.83 bits per heavy atom. The molecule has 2 saturated heterocycles. The first-order valence-electron chi connectivity index (χ1n) is 9.63. The summed E-state index contributed by atoms with van der Waals surface area (Å²) in [5.41, 5.74) is 0. The fourth-order valence-electron chi connectivity index (χ4n) is 4.36. The highest BCUT2D eigenvalue weighted by Crippen LogP contribution is 2.35. The number of guanidine groups is 1. The molecule has 1 N–H and O–H groups in total. The van der Waals surface area contributed by atoms with Gasteiger partial charge in [-0.1, -0.05) is 12.8 Å². The number of aliphatic imine (C=N–C) groups is 1. The molecular weight excluding hydrogens is 288 g/mol. The minimum Gasteiger partial charge on any atom is -0.379 e. The molecule has 3 atom stereocenters.